The van der Waals surface area contributed by atoms with Gasteiger partial charge in [0.05, 0.1) is 10.4 Å². The van der Waals surface area contributed by atoms with Gasteiger partial charge in [0.2, 0.25) is 0 Å². The molecule has 0 spiro atoms. The number of anilines is 1. The molecule has 166 valence electrons. The predicted molar refractivity (Wildman–Crippen MR) is 119 cm³/mol. The van der Waals surface area contributed by atoms with Gasteiger partial charge in [0.15, 0.2) is 6.17 Å². The monoisotopic (exact) mass is 474 g/mol. The number of aromatic nitrogens is 3. The standard InChI is InChI=1S/C22H20ClFN4O3S/c1-27(2)22-25-21(31-26-22)20(24)13-10-16-17-12-14(23)8-9-18(17)28(19(16)11-13)32(29,30)15-6-4-3-5-7-15/h3-9,12-13,20H,10-11H2,1-2H3. The molecule has 1 aliphatic rings. The van der Waals surface area contributed by atoms with Crippen molar-refractivity contribution in [2.75, 3.05) is 19.0 Å². The zero-order valence-electron chi connectivity index (χ0n) is 17.4. The fourth-order valence-corrected chi connectivity index (χ4v) is 6.05. The average molecular weight is 475 g/mol. The average Bonchev–Trinajstić information content (AvgIpc) is 3.48. The van der Waals surface area contributed by atoms with Gasteiger partial charge in [-0.15, -0.1) is 0 Å². The molecule has 0 N–H and O–H groups in total. The van der Waals surface area contributed by atoms with Gasteiger partial charge in [-0.05, 0) is 53.9 Å². The van der Waals surface area contributed by atoms with E-state index in [0.29, 0.717) is 28.0 Å². The van der Waals surface area contributed by atoms with Gasteiger partial charge in [0, 0.05) is 36.1 Å². The first kappa shape index (κ1) is 21.0. The molecule has 32 heavy (non-hydrogen) atoms. The second-order valence-corrected chi connectivity index (χ2v) is 10.3. The number of halogens is 2. The van der Waals surface area contributed by atoms with Crippen LogP contribution in [0.2, 0.25) is 5.02 Å². The minimum Gasteiger partial charge on any atom is -0.344 e. The van der Waals surface area contributed by atoms with Crippen molar-refractivity contribution in [2.24, 2.45) is 5.92 Å². The third-order valence-electron chi connectivity index (χ3n) is 5.78. The first-order chi connectivity index (χ1) is 15.3. The maximum absolute atomic E-state index is 15.4. The van der Waals surface area contributed by atoms with Crippen molar-refractivity contribution >= 4 is 38.5 Å². The molecule has 2 aromatic heterocycles. The van der Waals surface area contributed by atoms with Crippen LogP contribution in [0.15, 0.2) is 57.9 Å². The molecule has 2 atom stereocenters. The van der Waals surface area contributed by atoms with E-state index in [1.54, 1.807) is 67.5 Å². The van der Waals surface area contributed by atoms with E-state index in [0.717, 1.165) is 5.56 Å². The largest absolute Gasteiger partial charge is 0.344 e. The molecule has 0 saturated heterocycles. The second-order valence-electron chi connectivity index (χ2n) is 8.07. The Hall–Kier alpha value is -2.91. The molecule has 5 rings (SSSR count). The Balaban J connectivity index is 1.61. The van der Waals surface area contributed by atoms with Crippen LogP contribution in [-0.2, 0) is 22.9 Å². The minimum absolute atomic E-state index is 0.108. The topological polar surface area (TPSA) is 81.2 Å². The highest BCUT2D eigenvalue weighted by Crippen LogP contribution is 2.43. The third-order valence-corrected chi connectivity index (χ3v) is 7.78. The van der Waals surface area contributed by atoms with E-state index in [2.05, 4.69) is 10.1 Å². The Morgan fingerprint density at radius 1 is 1.19 bits per heavy atom. The first-order valence-electron chi connectivity index (χ1n) is 10.0. The van der Waals surface area contributed by atoms with Crippen molar-refractivity contribution in [3.05, 3.63) is 70.7 Å². The number of rotatable bonds is 5. The zero-order valence-corrected chi connectivity index (χ0v) is 18.9. The summed E-state index contributed by atoms with van der Waals surface area (Å²) in [6, 6.07) is 13.3. The Labute approximate surface area is 189 Å². The van der Waals surface area contributed by atoms with E-state index in [9.17, 15) is 8.42 Å². The molecule has 1 aliphatic carbocycles. The Kier molecular flexibility index (Phi) is 4.98. The van der Waals surface area contributed by atoms with Crippen molar-refractivity contribution in [1.29, 1.82) is 0 Å². The molecule has 2 unspecified atom stereocenters. The van der Waals surface area contributed by atoms with Crippen molar-refractivity contribution in [2.45, 2.75) is 23.9 Å². The van der Waals surface area contributed by atoms with Crippen LogP contribution in [0.4, 0.5) is 10.3 Å². The summed E-state index contributed by atoms with van der Waals surface area (Å²) >= 11 is 6.22. The molecule has 2 heterocycles. The summed E-state index contributed by atoms with van der Waals surface area (Å²) in [6.07, 6.45) is -0.968. The predicted octanol–water partition coefficient (Wildman–Crippen LogP) is 4.41. The fourth-order valence-electron chi connectivity index (χ4n) is 4.27. The van der Waals surface area contributed by atoms with E-state index < -0.39 is 22.1 Å². The highest BCUT2D eigenvalue weighted by atomic mass is 35.5. The van der Waals surface area contributed by atoms with Crippen LogP contribution in [-0.4, -0.2) is 36.6 Å². The lowest BCUT2D eigenvalue weighted by Crippen LogP contribution is -2.17. The van der Waals surface area contributed by atoms with Gasteiger partial charge in [-0.2, -0.15) is 4.98 Å². The molecule has 0 amide bonds. The second kappa shape index (κ2) is 7.60. The summed E-state index contributed by atoms with van der Waals surface area (Å²) in [5.74, 6) is -0.355. The molecule has 0 radical (unpaired) electrons. The molecule has 10 heteroatoms. The normalized spacial score (nSPS) is 16.9. The van der Waals surface area contributed by atoms with Crippen LogP contribution in [0.3, 0.4) is 0 Å². The number of hydrogen-bond donors (Lipinski definition) is 0. The molecule has 0 fully saturated rings. The van der Waals surface area contributed by atoms with Crippen LogP contribution in [0.1, 0.15) is 23.3 Å². The first-order valence-corrected chi connectivity index (χ1v) is 11.9. The highest BCUT2D eigenvalue weighted by Gasteiger charge is 2.39. The van der Waals surface area contributed by atoms with Gasteiger partial charge in [-0.25, -0.2) is 16.8 Å². The van der Waals surface area contributed by atoms with Crippen LogP contribution in [0, 0.1) is 5.92 Å². The molecule has 7 nitrogen and oxygen atoms in total. The van der Waals surface area contributed by atoms with Crippen LogP contribution >= 0.6 is 11.6 Å². The zero-order chi connectivity index (χ0) is 22.6. The van der Waals surface area contributed by atoms with Gasteiger partial charge < -0.3 is 9.42 Å². The quantitative estimate of drug-likeness (QED) is 0.426. The van der Waals surface area contributed by atoms with Crippen LogP contribution in [0.5, 0.6) is 0 Å². The summed E-state index contributed by atoms with van der Waals surface area (Å²) < 4.78 is 49.0. The molecular weight excluding hydrogens is 455 g/mol. The van der Waals surface area contributed by atoms with Crippen molar-refractivity contribution in [3.63, 3.8) is 0 Å². The molecule has 2 aromatic carbocycles. The Bertz CT molecular complexity index is 1420. The minimum atomic E-state index is -3.89. The van der Waals surface area contributed by atoms with Gasteiger partial charge in [0.25, 0.3) is 21.9 Å². The van der Waals surface area contributed by atoms with Gasteiger partial charge in [-0.1, -0.05) is 29.8 Å². The van der Waals surface area contributed by atoms with E-state index >= 15 is 4.39 Å². The summed E-state index contributed by atoms with van der Waals surface area (Å²) in [4.78, 5) is 5.92. The van der Waals surface area contributed by atoms with Gasteiger partial charge >= 0.3 is 0 Å². The Morgan fingerprint density at radius 3 is 2.62 bits per heavy atom. The number of fused-ring (bicyclic) bond motifs is 3. The number of hydrogen-bond acceptors (Lipinski definition) is 6. The summed E-state index contributed by atoms with van der Waals surface area (Å²) in [7, 11) is -0.415. The molecule has 0 bridgehead atoms. The molecule has 0 saturated carbocycles. The maximum atomic E-state index is 15.4. The third kappa shape index (κ3) is 3.27. The van der Waals surface area contributed by atoms with E-state index in [4.69, 9.17) is 16.1 Å². The fraction of sp³-hybridized carbons (Fsp3) is 0.273. The van der Waals surface area contributed by atoms with Crippen LogP contribution < -0.4 is 4.90 Å². The number of benzene rings is 2. The van der Waals surface area contributed by atoms with Crippen molar-refractivity contribution in [3.8, 4) is 0 Å². The van der Waals surface area contributed by atoms with E-state index in [-0.39, 0.29) is 23.2 Å². The summed E-state index contributed by atoms with van der Waals surface area (Å²) in [6.45, 7) is 0. The Morgan fingerprint density at radius 2 is 1.94 bits per heavy atom. The lowest BCUT2D eigenvalue weighted by atomic mass is 9.99. The molecule has 0 aliphatic heterocycles. The van der Waals surface area contributed by atoms with E-state index in [1.165, 1.54) is 3.97 Å². The summed E-state index contributed by atoms with van der Waals surface area (Å²) in [5.41, 5.74) is 1.87. The number of alkyl halides is 1. The van der Waals surface area contributed by atoms with Crippen molar-refractivity contribution in [1.82, 2.24) is 14.1 Å². The maximum Gasteiger partial charge on any atom is 0.268 e. The number of nitrogens with zero attached hydrogens (tertiary/aromatic N) is 4. The molecular formula is C22H20ClFN4O3S. The van der Waals surface area contributed by atoms with Crippen LogP contribution in [0.25, 0.3) is 10.9 Å². The summed E-state index contributed by atoms with van der Waals surface area (Å²) in [5, 5.41) is 4.98. The molecule has 4 aromatic rings. The van der Waals surface area contributed by atoms with Gasteiger partial charge in [0.1, 0.15) is 0 Å². The van der Waals surface area contributed by atoms with Crippen molar-refractivity contribution < 1.29 is 17.3 Å². The smallest absolute Gasteiger partial charge is 0.268 e. The van der Waals surface area contributed by atoms with E-state index in [1.807, 2.05) is 0 Å². The van der Waals surface area contributed by atoms with Gasteiger partial charge in [-0.3, -0.25) is 0 Å². The lowest BCUT2D eigenvalue weighted by Gasteiger charge is -2.15. The SMILES string of the molecule is CN(C)c1noc(C(F)C2Cc3c(n(S(=O)(=O)c4ccccc4)c4ccc(Cl)cc34)C2)n1. The lowest BCUT2D eigenvalue weighted by molar-refractivity contribution is 0.179. The highest BCUT2D eigenvalue weighted by molar-refractivity contribution is 7.90.